The van der Waals surface area contributed by atoms with Gasteiger partial charge in [-0.3, -0.25) is 4.90 Å². The lowest BCUT2D eigenvalue weighted by Crippen LogP contribution is -2.44. The number of rotatable bonds is 7. The highest BCUT2D eigenvalue weighted by Gasteiger charge is 2.25. The number of nitrogens with one attached hydrogen (secondary N) is 1. The van der Waals surface area contributed by atoms with Crippen LogP contribution in [0.1, 0.15) is 31.7 Å². The Balaban J connectivity index is 1.76. The number of hydrogen-bond acceptors (Lipinski definition) is 3. The summed E-state index contributed by atoms with van der Waals surface area (Å²) in [4.78, 5) is 16.2. The maximum Gasteiger partial charge on any atom is 0.317 e. The zero-order chi connectivity index (χ0) is 16.7. The van der Waals surface area contributed by atoms with Crippen LogP contribution in [-0.4, -0.2) is 59.8 Å². The van der Waals surface area contributed by atoms with Gasteiger partial charge in [0, 0.05) is 32.7 Å². The predicted octanol–water partition coefficient (Wildman–Crippen LogP) is 2.06. The second-order valence-corrected chi connectivity index (χ2v) is 6.50. The first-order chi connectivity index (χ1) is 11.1. The Kier molecular flexibility index (Phi) is 6.86. The summed E-state index contributed by atoms with van der Waals surface area (Å²) in [6, 6.07) is 10.8. The van der Waals surface area contributed by atoms with Gasteiger partial charge in [0.1, 0.15) is 0 Å². The first kappa shape index (κ1) is 17.8. The summed E-state index contributed by atoms with van der Waals surface area (Å²) in [5.74, 6) is 0. The zero-order valence-corrected chi connectivity index (χ0v) is 14.2. The fraction of sp³-hybridized carbons (Fsp3) is 0.611. The van der Waals surface area contributed by atoms with Crippen LogP contribution >= 0.6 is 0 Å². The quantitative estimate of drug-likeness (QED) is 0.809. The van der Waals surface area contributed by atoms with E-state index >= 15 is 0 Å². The number of carbonyl (C=O) groups is 1. The van der Waals surface area contributed by atoms with Crippen LogP contribution in [0.25, 0.3) is 0 Å². The van der Waals surface area contributed by atoms with Crippen LogP contribution in [0.15, 0.2) is 30.3 Å². The Labute approximate surface area is 139 Å². The Morgan fingerprint density at radius 2 is 2.17 bits per heavy atom. The van der Waals surface area contributed by atoms with Crippen molar-refractivity contribution < 1.29 is 9.90 Å². The third-order valence-electron chi connectivity index (χ3n) is 4.45. The molecule has 0 bridgehead atoms. The van der Waals surface area contributed by atoms with Gasteiger partial charge < -0.3 is 15.3 Å². The van der Waals surface area contributed by atoms with Gasteiger partial charge in [-0.15, -0.1) is 0 Å². The second-order valence-electron chi connectivity index (χ2n) is 6.50. The highest BCUT2D eigenvalue weighted by Crippen LogP contribution is 2.19. The number of urea groups is 1. The molecule has 5 nitrogen and oxygen atoms in total. The molecule has 0 spiro atoms. The molecule has 2 N–H and O–H groups in total. The van der Waals surface area contributed by atoms with Crippen LogP contribution in [0.2, 0.25) is 0 Å². The van der Waals surface area contributed by atoms with Crippen molar-refractivity contribution in [1.82, 2.24) is 15.1 Å². The summed E-state index contributed by atoms with van der Waals surface area (Å²) < 4.78 is 0. The van der Waals surface area contributed by atoms with Crippen LogP contribution < -0.4 is 5.32 Å². The summed E-state index contributed by atoms with van der Waals surface area (Å²) in [6.45, 7) is 5.03. The van der Waals surface area contributed by atoms with Crippen LogP contribution in [0.3, 0.4) is 0 Å². The molecule has 2 amide bonds. The Morgan fingerprint density at radius 3 is 2.87 bits per heavy atom. The van der Waals surface area contributed by atoms with Crippen LogP contribution in [0.5, 0.6) is 0 Å². The minimum absolute atomic E-state index is 0.0581. The van der Waals surface area contributed by atoms with Crippen LogP contribution in [0, 0.1) is 0 Å². The lowest BCUT2D eigenvalue weighted by atomic mass is 10.2. The summed E-state index contributed by atoms with van der Waals surface area (Å²) in [7, 11) is 1.77. The Hall–Kier alpha value is -1.59. The van der Waals surface area contributed by atoms with Crippen molar-refractivity contribution in [2.45, 2.75) is 44.9 Å². The molecule has 0 saturated carbocycles. The molecule has 0 aliphatic carbocycles. The summed E-state index contributed by atoms with van der Waals surface area (Å²) >= 11 is 0. The number of hydrogen-bond donors (Lipinski definition) is 2. The smallest absolute Gasteiger partial charge is 0.317 e. The van der Waals surface area contributed by atoms with E-state index in [1.807, 2.05) is 6.07 Å². The molecule has 1 aromatic carbocycles. The lowest BCUT2D eigenvalue weighted by Gasteiger charge is -2.26. The maximum absolute atomic E-state index is 12.1. The van der Waals surface area contributed by atoms with Crippen molar-refractivity contribution in [1.29, 1.82) is 0 Å². The van der Waals surface area contributed by atoms with Crippen molar-refractivity contribution in [2.24, 2.45) is 0 Å². The normalized spacial score (nSPS) is 19.5. The average Bonchev–Trinajstić information content (AvgIpc) is 2.98. The summed E-state index contributed by atoms with van der Waals surface area (Å²) in [5.41, 5.74) is 1.32. The van der Waals surface area contributed by atoms with E-state index in [0.29, 0.717) is 25.6 Å². The number of benzene rings is 1. The van der Waals surface area contributed by atoms with Crippen LogP contribution in [-0.2, 0) is 6.54 Å². The van der Waals surface area contributed by atoms with E-state index in [-0.39, 0.29) is 12.1 Å². The second kappa shape index (κ2) is 8.89. The number of nitrogens with zero attached hydrogens (tertiary/aromatic N) is 2. The first-order valence-corrected chi connectivity index (χ1v) is 8.51. The SMILES string of the molecule is CC(O)CCN(C)C(=O)NCC1CCCN1Cc1ccccc1. The lowest BCUT2D eigenvalue weighted by molar-refractivity contribution is 0.161. The van der Waals surface area contributed by atoms with Crippen molar-refractivity contribution in [2.75, 3.05) is 26.7 Å². The van der Waals surface area contributed by atoms with Crippen molar-refractivity contribution in [3.63, 3.8) is 0 Å². The van der Waals surface area contributed by atoms with Crippen LogP contribution in [0.4, 0.5) is 4.79 Å². The molecule has 1 aromatic rings. The van der Waals surface area contributed by atoms with Gasteiger partial charge in [-0.2, -0.15) is 0 Å². The first-order valence-electron chi connectivity index (χ1n) is 8.51. The molecule has 128 valence electrons. The molecule has 0 aromatic heterocycles. The van der Waals surface area contributed by atoms with Gasteiger partial charge in [0.2, 0.25) is 0 Å². The van der Waals surface area contributed by atoms with Gasteiger partial charge in [0.05, 0.1) is 6.10 Å². The summed E-state index contributed by atoms with van der Waals surface area (Å²) in [6.07, 6.45) is 2.55. The minimum atomic E-state index is -0.374. The summed E-state index contributed by atoms with van der Waals surface area (Å²) in [5, 5.41) is 12.3. The topological polar surface area (TPSA) is 55.8 Å². The molecule has 5 heteroatoms. The highest BCUT2D eigenvalue weighted by atomic mass is 16.3. The number of aliphatic hydroxyl groups is 1. The maximum atomic E-state index is 12.1. The van der Waals surface area contributed by atoms with Crippen molar-refractivity contribution in [3.8, 4) is 0 Å². The van der Waals surface area contributed by atoms with Gasteiger partial charge >= 0.3 is 6.03 Å². The number of amides is 2. The molecule has 1 heterocycles. The molecule has 2 unspecified atom stereocenters. The molecule has 2 rings (SSSR count). The minimum Gasteiger partial charge on any atom is -0.393 e. The fourth-order valence-corrected chi connectivity index (χ4v) is 2.97. The molecule has 1 aliphatic rings. The van der Waals surface area contributed by atoms with Gasteiger partial charge in [0.25, 0.3) is 0 Å². The number of carbonyl (C=O) groups excluding carboxylic acids is 1. The molecule has 1 fully saturated rings. The molecule has 1 aliphatic heterocycles. The Morgan fingerprint density at radius 1 is 1.43 bits per heavy atom. The molecule has 0 radical (unpaired) electrons. The van der Waals surface area contributed by atoms with E-state index in [2.05, 4.69) is 34.5 Å². The van der Waals surface area contributed by atoms with E-state index in [9.17, 15) is 9.90 Å². The van der Waals surface area contributed by atoms with E-state index < -0.39 is 0 Å². The fourth-order valence-electron chi connectivity index (χ4n) is 2.97. The van der Waals surface area contributed by atoms with Gasteiger partial charge in [-0.25, -0.2) is 4.79 Å². The predicted molar refractivity (Wildman–Crippen MR) is 92.2 cm³/mol. The third-order valence-corrected chi connectivity index (χ3v) is 4.45. The number of aliphatic hydroxyl groups excluding tert-OH is 1. The van der Waals surface area contributed by atoms with Gasteiger partial charge in [-0.1, -0.05) is 30.3 Å². The van der Waals surface area contributed by atoms with Gasteiger partial charge in [0.15, 0.2) is 0 Å². The van der Waals surface area contributed by atoms with E-state index in [1.54, 1.807) is 18.9 Å². The third kappa shape index (κ3) is 5.84. The largest absolute Gasteiger partial charge is 0.393 e. The van der Waals surface area contributed by atoms with Crippen molar-refractivity contribution >= 4 is 6.03 Å². The highest BCUT2D eigenvalue weighted by molar-refractivity contribution is 5.73. The van der Waals surface area contributed by atoms with Crippen molar-refractivity contribution in [3.05, 3.63) is 35.9 Å². The molecular formula is C18H29N3O2. The zero-order valence-electron chi connectivity index (χ0n) is 14.2. The Bertz CT molecular complexity index is 478. The van der Waals surface area contributed by atoms with E-state index in [1.165, 1.54) is 12.0 Å². The van der Waals surface area contributed by atoms with E-state index in [4.69, 9.17) is 0 Å². The molecule has 23 heavy (non-hydrogen) atoms. The molecule has 2 atom stereocenters. The van der Waals surface area contributed by atoms with E-state index in [0.717, 1.165) is 19.5 Å². The monoisotopic (exact) mass is 319 g/mol. The average molecular weight is 319 g/mol. The standard InChI is InChI=1S/C18H29N3O2/c1-15(22)10-12-20(2)18(23)19-13-17-9-6-11-21(17)14-16-7-4-3-5-8-16/h3-5,7-8,15,17,22H,6,9-14H2,1-2H3,(H,19,23). The number of likely N-dealkylation sites (tertiary alicyclic amines) is 1. The molecular weight excluding hydrogens is 290 g/mol. The van der Waals surface area contributed by atoms with Gasteiger partial charge in [-0.05, 0) is 38.3 Å². The molecule has 1 saturated heterocycles.